The van der Waals surface area contributed by atoms with Crippen LogP contribution in [0.15, 0.2) is 24.3 Å². The Kier molecular flexibility index (Phi) is 5.41. The van der Waals surface area contributed by atoms with E-state index in [1.54, 1.807) is 4.90 Å². The van der Waals surface area contributed by atoms with Crippen LogP contribution in [-0.2, 0) is 6.54 Å². The molecule has 0 radical (unpaired) electrons. The van der Waals surface area contributed by atoms with E-state index in [1.165, 1.54) is 56.7 Å². The van der Waals surface area contributed by atoms with Crippen LogP contribution in [-0.4, -0.2) is 32.2 Å². The summed E-state index contributed by atoms with van der Waals surface area (Å²) >= 11 is 0. The van der Waals surface area contributed by atoms with Crippen LogP contribution in [0, 0.1) is 6.92 Å². The van der Waals surface area contributed by atoms with Gasteiger partial charge in [0.25, 0.3) is 0 Å². The second-order valence-corrected chi connectivity index (χ2v) is 6.02. The minimum absolute atomic E-state index is 0.889. The highest BCUT2D eigenvalue weighted by atomic mass is 15.3. The molecule has 1 aliphatic rings. The second-order valence-electron chi connectivity index (χ2n) is 6.02. The van der Waals surface area contributed by atoms with Gasteiger partial charge in [0.05, 0.1) is 6.04 Å². The van der Waals surface area contributed by atoms with Gasteiger partial charge in [-0.2, -0.15) is 0 Å². The molecule has 0 atom stereocenters. The fraction of sp³-hybridized carbons (Fsp3) is 0.647. The zero-order chi connectivity index (χ0) is 13.7. The number of nitrogens with one attached hydrogen (secondary N) is 2. The van der Waals surface area contributed by atoms with E-state index >= 15 is 0 Å². The molecule has 19 heavy (non-hydrogen) atoms. The molecule has 2 nitrogen and oxygen atoms in total. The largest absolute Gasteiger partial charge is 0.323 e. The van der Waals surface area contributed by atoms with Gasteiger partial charge in [0.2, 0.25) is 0 Å². The van der Waals surface area contributed by atoms with Crippen LogP contribution < -0.4 is 9.80 Å². The van der Waals surface area contributed by atoms with Crippen LogP contribution in [0.2, 0.25) is 0 Å². The van der Waals surface area contributed by atoms with E-state index in [2.05, 4.69) is 45.0 Å². The first-order chi connectivity index (χ1) is 9.24. The van der Waals surface area contributed by atoms with Crippen molar-refractivity contribution in [3.8, 4) is 0 Å². The van der Waals surface area contributed by atoms with Gasteiger partial charge in [-0.15, -0.1) is 0 Å². The van der Waals surface area contributed by atoms with E-state index in [0.29, 0.717) is 0 Å². The first-order valence-electron chi connectivity index (χ1n) is 7.97. The summed E-state index contributed by atoms with van der Waals surface area (Å²) in [6.45, 7) is 13.5. The maximum Gasteiger partial charge on any atom is 0.127 e. The minimum Gasteiger partial charge on any atom is -0.323 e. The number of benzene rings is 1. The van der Waals surface area contributed by atoms with Gasteiger partial charge in [0.15, 0.2) is 0 Å². The SMILES string of the molecule is CCC(CC)[NH+]1CC[NH+](Cc2ccccc2C)CC1. The number of piperazine rings is 1. The molecular formula is C17H30N2+2. The summed E-state index contributed by atoms with van der Waals surface area (Å²) in [6, 6.07) is 9.74. The molecule has 2 rings (SSSR count). The maximum absolute atomic E-state index is 2.34. The summed E-state index contributed by atoms with van der Waals surface area (Å²) in [5, 5.41) is 0. The van der Waals surface area contributed by atoms with Crippen molar-refractivity contribution < 1.29 is 9.80 Å². The number of quaternary nitrogens is 2. The predicted molar refractivity (Wildman–Crippen MR) is 80.6 cm³/mol. The van der Waals surface area contributed by atoms with E-state index in [1.807, 2.05) is 4.90 Å². The van der Waals surface area contributed by atoms with Crippen molar-refractivity contribution in [2.24, 2.45) is 0 Å². The Labute approximate surface area is 118 Å². The Morgan fingerprint density at radius 2 is 1.63 bits per heavy atom. The predicted octanol–water partition coefficient (Wildman–Crippen LogP) is 0.467. The zero-order valence-electron chi connectivity index (χ0n) is 12.8. The van der Waals surface area contributed by atoms with E-state index < -0.39 is 0 Å². The van der Waals surface area contributed by atoms with E-state index in [9.17, 15) is 0 Å². The second kappa shape index (κ2) is 7.06. The third-order valence-corrected chi connectivity index (χ3v) is 4.86. The molecule has 0 amide bonds. The van der Waals surface area contributed by atoms with Gasteiger partial charge in [-0.05, 0) is 25.3 Å². The van der Waals surface area contributed by atoms with Gasteiger partial charge < -0.3 is 9.80 Å². The smallest absolute Gasteiger partial charge is 0.127 e. The van der Waals surface area contributed by atoms with Crippen LogP contribution in [0.1, 0.15) is 37.8 Å². The van der Waals surface area contributed by atoms with Gasteiger partial charge in [-0.1, -0.05) is 38.1 Å². The lowest BCUT2D eigenvalue weighted by Crippen LogP contribution is -3.29. The Morgan fingerprint density at radius 3 is 2.21 bits per heavy atom. The highest BCUT2D eigenvalue weighted by molar-refractivity contribution is 5.24. The van der Waals surface area contributed by atoms with Crippen molar-refractivity contribution in [2.45, 2.75) is 46.2 Å². The van der Waals surface area contributed by atoms with Gasteiger partial charge in [-0.25, -0.2) is 0 Å². The summed E-state index contributed by atoms with van der Waals surface area (Å²) in [6.07, 6.45) is 2.66. The third kappa shape index (κ3) is 3.80. The van der Waals surface area contributed by atoms with E-state index in [0.717, 1.165) is 6.04 Å². The lowest BCUT2D eigenvalue weighted by molar-refractivity contribution is -1.03. The molecule has 0 unspecified atom stereocenters. The molecular weight excluding hydrogens is 232 g/mol. The molecule has 2 heteroatoms. The quantitative estimate of drug-likeness (QED) is 0.763. The lowest BCUT2D eigenvalue weighted by atomic mass is 10.1. The highest BCUT2D eigenvalue weighted by Gasteiger charge is 2.27. The lowest BCUT2D eigenvalue weighted by Gasteiger charge is -2.34. The molecule has 1 aromatic rings. The van der Waals surface area contributed by atoms with E-state index in [-0.39, 0.29) is 0 Å². The fourth-order valence-corrected chi connectivity index (χ4v) is 3.45. The molecule has 1 aliphatic heterocycles. The third-order valence-electron chi connectivity index (χ3n) is 4.86. The number of hydrogen-bond donors (Lipinski definition) is 2. The molecule has 0 aliphatic carbocycles. The molecule has 1 saturated heterocycles. The van der Waals surface area contributed by atoms with Crippen LogP contribution in [0.25, 0.3) is 0 Å². The van der Waals surface area contributed by atoms with Crippen molar-refractivity contribution in [3.05, 3.63) is 35.4 Å². The molecule has 0 bridgehead atoms. The van der Waals surface area contributed by atoms with Gasteiger partial charge >= 0.3 is 0 Å². The van der Waals surface area contributed by atoms with Crippen LogP contribution in [0.4, 0.5) is 0 Å². The molecule has 0 saturated carbocycles. The number of aryl methyl sites for hydroxylation is 1. The van der Waals surface area contributed by atoms with Crippen molar-refractivity contribution in [2.75, 3.05) is 26.2 Å². The summed E-state index contributed by atoms with van der Waals surface area (Å²) in [5.74, 6) is 0. The summed E-state index contributed by atoms with van der Waals surface area (Å²) < 4.78 is 0. The minimum atomic E-state index is 0.889. The number of rotatable bonds is 5. The Morgan fingerprint density at radius 1 is 1.00 bits per heavy atom. The highest BCUT2D eigenvalue weighted by Crippen LogP contribution is 2.04. The maximum atomic E-state index is 2.34. The Bertz CT molecular complexity index is 377. The van der Waals surface area contributed by atoms with E-state index in [4.69, 9.17) is 0 Å². The fourth-order valence-electron chi connectivity index (χ4n) is 3.45. The average molecular weight is 262 g/mol. The van der Waals surface area contributed by atoms with Crippen molar-refractivity contribution in [3.63, 3.8) is 0 Å². The van der Waals surface area contributed by atoms with Gasteiger partial charge in [-0.3, -0.25) is 0 Å². The Balaban J connectivity index is 1.85. The average Bonchev–Trinajstić information content (AvgIpc) is 2.44. The summed E-state index contributed by atoms with van der Waals surface area (Å²) in [5.41, 5.74) is 2.98. The number of hydrogen-bond acceptors (Lipinski definition) is 0. The molecule has 0 spiro atoms. The summed E-state index contributed by atoms with van der Waals surface area (Å²) in [7, 11) is 0. The standard InChI is InChI=1S/C17H28N2/c1-4-17(5-2)19-12-10-18(11-13-19)14-16-9-7-6-8-15(16)3/h6-9,17H,4-5,10-14H2,1-3H3/p+2. The molecule has 106 valence electrons. The molecule has 2 N–H and O–H groups in total. The molecule has 1 aromatic carbocycles. The van der Waals surface area contributed by atoms with Gasteiger partial charge in [0, 0.05) is 5.56 Å². The molecule has 1 fully saturated rings. The normalized spacial score (nSPS) is 23.8. The topological polar surface area (TPSA) is 8.88 Å². The zero-order valence-corrected chi connectivity index (χ0v) is 12.8. The van der Waals surface area contributed by atoms with Crippen LogP contribution >= 0.6 is 0 Å². The molecule has 0 aromatic heterocycles. The Hall–Kier alpha value is -0.860. The summed E-state index contributed by atoms with van der Waals surface area (Å²) in [4.78, 5) is 3.61. The monoisotopic (exact) mass is 262 g/mol. The first kappa shape index (κ1) is 14.5. The van der Waals surface area contributed by atoms with Crippen LogP contribution in [0.3, 0.4) is 0 Å². The van der Waals surface area contributed by atoms with Crippen molar-refractivity contribution in [1.29, 1.82) is 0 Å². The van der Waals surface area contributed by atoms with Crippen LogP contribution in [0.5, 0.6) is 0 Å². The molecule has 1 heterocycles. The van der Waals surface area contributed by atoms with Crippen molar-refractivity contribution in [1.82, 2.24) is 0 Å². The van der Waals surface area contributed by atoms with Crippen molar-refractivity contribution >= 4 is 0 Å². The first-order valence-corrected chi connectivity index (χ1v) is 7.97. The van der Waals surface area contributed by atoms with Gasteiger partial charge in [0.1, 0.15) is 32.7 Å².